The van der Waals surface area contributed by atoms with Gasteiger partial charge in [0.2, 0.25) is 0 Å². The van der Waals surface area contributed by atoms with E-state index < -0.39 is 0 Å². The van der Waals surface area contributed by atoms with Crippen LogP contribution in [0, 0.1) is 0 Å². The van der Waals surface area contributed by atoms with Crippen molar-refractivity contribution in [1.82, 2.24) is 4.90 Å². The van der Waals surface area contributed by atoms with Crippen LogP contribution < -0.4 is 14.8 Å². The number of ether oxygens (including phenoxy) is 2. The summed E-state index contributed by atoms with van der Waals surface area (Å²) in [6.07, 6.45) is 0.0756. The fourth-order valence-electron chi connectivity index (χ4n) is 2.90. The van der Waals surface area contributed by atoms with Crippen LogP contribution in [0.4, 0.5) is 5.69 Å². The van der Waals surface area contributed by atoms with Gasteiger partial charge in [0.05, 0.1) is 18.2 Å². The molecule has 2 aromatic carbocycles. The first kappa shape index (κ1) is 18.8. The second kappa shape index (κ2) is 8.12. The van der Waals surface area contributed by atoms with Gasteiger partial charge < -0.3 is 19.7 Å². The summed E-state index contributed by atoms with van der Waals surface area (Å²) in [6.45, 7) is 7.46. The molecule has 1 aliphatic rings. The van der Waals surface area contributed by atoms with Crippen molar-refractivity contribution >= 4 is 17.5 Å². The van der Waals surface area contributed by atoms with Crippen LogP contribution in [0.5, 0.6) is 11.5 Å². The number of anilines is 1. The number of amides is 2. The van der Waals surface area contributed by atoms with E-state index in [1.165, 1.54) is 0 Å². The molecular weight excluding hydrogens is 344 g/mol. The number of likely N-dealkylation sites (N-methyl/N-ethyl adjacent to an activating group) is 1. The number of fused-ring (bicyclic) bond motifs is 1. The largest absolute Gasteiger partial charge is 0.491 e. The highest BCUT2D eigenvalue weighted by atomic mass is 16.5. The maximum absolute atomic E-state index is 12.6. The Morgan fingerprint density at radius 1 is 1.22 bits per heavy atom. The second-order valence-corrected chi connectivity index (χ2v) is 6.59. The lowest BCUT2D eigenvalue weighted by molar-refractivity contribution is 0.0764. The lowest BCUT2D eigenvalue weighted by atomic mass is 10.1. The van der Waals surface area contributed by atoms with Gasteiger partial charge in [-0.05, 0) is 63.2 Å². The Bertz CT molecular complexity index is 831. The number of rotatable bonds is 5. The van der Waals surface area contributed by atoms with Crippen LogP contribution >= 0.6 is 0 Å². The third kappa shape index (κ3) is 4.39. The molecule has 0 atom stereocenters. The standard InChI is InChI=1S/C21H24N2O4/c1-4-23-11-12-26-19-10-7-16(13-18(19)21(23)25)22-20(24)15-5-8-17(9-6-15)27-14(2)3/h5-10,13-14H,4,11-12H2,1-3H3,(H,22,24). The molecule has 3 rings (SSSR count). The van der Waals surface area contributed by atoms with E-state index in [-0.39, 0.29) is 17.9 Å². The van der Waals surface area contributed by atoms with Crippen molar-refractivity contribution in [3.63, 3.8) is 0 Å². The normalized spacial score (nSPS) is 13.6. The Kier molecular flexibility index (Phi) is 5.64. The molecule has 142 valence electrons. The quantitative estimate of drug-likeness (QED) is 0.876. The van der Waals surface area contributed by atoms with Gasteiger partial charge in [-0.2, -0.15) is 0 Å². The molecular formula is C21H24N2O4. The Balaban J connectivity index is 1.76. The highest BCUT2D eigenvalue weighted by Gasteiger charge is 2.23. The predicted molar refractivity (Wildman–Crippen MR) is 104 cm³/mol. The Morgan fingerprint density at radius 2 is 1.96 bits per heavy atom. The number of nitrogens with one attached hydrogen (secondary N) is 1. The van der Waals surface area contributed by atoms with Crippen molar-refractivity contribution < 1.29 is 19.1 Å². The van der Waals surface area contributed by atoms with Crippen molar-refractivity contribution in [1.29, 1.82) is 0 Å². The molecule has 0 fully saturated rings. The van der Waals surface area contributed by atoms with Crippen molar-refractivity contribution in [3.8, 4) is 11.5 Å². The average Bonchev–Trinajstić information content (AvgIpc) is 2.80. The molecule has 0 unspecified atom stereocenters. The molecule has 0 aliphatic carbocycles. The van der Waals surface area contributed by atoms with Gasteiger partial charge in [0.25, 0.3) is 11.8 Å². The molecule has 27 heavy (non-hydrogen) atoms. The molecule has 1 aliphatic heterocycles. The molecule has 0 saturated carbocycles. The van der Waals surface area contributed by atoms with E-state index in [2.05, 4.69) is 5.32 Å². The van der Waals surface area contributed by atoms with E-state index in [0.29, 0.717) is 48.0 Å². The zero-order valence-corrected chi connectivity index (χ0v) is 15.8. The molecule has 0 saturated heterocycles. The fraction of sp³-hybridized carbons (Fsp3) is 0.333. The molecule has 1 N–H and O–H groups in total. The van der Waals surface area contributed by atoms with Gasteiger partial charge in [-0.1, -0.05) is 0 Å². The smallest absolute Gasteiger partial charge is 0.257 e. The Hall–Kier alpha value is -3.02. The van der Waals surface area contributed by atoms with Gasteiger partial charge in [-0.3, -0.25) is 9.59 Å². The minimum absolute atomic E-state index is 0.0756. The maximum Gasteiger partial charge on any atom is 0.257 e. The molecule has 2 amide bonds. The number of carbonyl (C=O) groups is 2. The van der Waals surface area contributed by atoms with Crippen LogP contribution in [0.25, 0.3) is 0 Å². The molecule has 2 aromatic rings. The SMILES string of the molecule is CCN1CCOc2ccc(NC(=O)c3ccc(OC(C)C)cc3)cc2C1=O. The first-order chi connectivity index (χ1) is 13.0. The molecule has 1 heterocycles. The van der Waals surface area contributed by atoms with E-state index in [4.69, 9.17) is 9.47 Å². The van der Waals surface area contributed by atoms with Crippen LogP contribution in [0.2, 0.25) is 0 Å². The highest BCUT2D eigenvalue weighted by molar-refractivity contribution is 6.05. The fourth-order valence-corrected chi connectivity index (χ4v) is 2.90. The monoisotopic (exact) mass is 368 g/mol. The van der Waals surface area contributed by atoms with Gasteiger partial charge in [-0.15, -0.1) is 0 Å². The number of nitrogens with zero attached hydrogens (tertiary/aromatic N) is 1. The van der Waals surface area contributed by atoms with E-state index >= 15 is 0 Å². The molecule has 0 bridgehead atoms. The van der Waals surface area contributed by atoms with E-state index in [1.54, 1.807) is 47.4 Å². The number of benzene rings is 2. The minimum atomic E-state index is -0.250. The van der Waals surface area contributed by atoms with Gasteiger partial charge in [0, 0.05) is 17.8 Å². The van der Waals surface area contributed by atoms with Gasteiger partial charge in [-0.25, -0.2) is 0 Å². The summed E-state index contributed by atoms with van der Waals surface area (Å²) in [6, 6.07) is 12.1. The zero-order chi connectivity index (χ0) is 19.4. The average molecular weight is 368 g/mol. The number of hydrogen-bond donors (Lipinski definition) is 1. The molecule has 6 heteroatoms. The second-order valence-electron chi connectivity index (χ2n) is 6.59. The van der Waals surface area contributed by atoms with Gasteiger partial charge >= 0.3 is 0 Å². The first-order valence-corrected chi connectivity index (χ1v) is 9.12. The molecule has 0 spiro atoms. The molecule has 6 nitrogen and oxygen atoms in total. The maximum atomic E-state index is 12.6. The van der Waals surface area contributed by atoms with Crippen molar-refractivity contribution in [2.45, 2.75) is 26.9 Å². The summed E-state index contributed by atoms with van der Waals surface area (Å²) < 4.78 is 11.2. The summed E-state index contributed by atoms with van der Waals surface area (Å²) in [5.74, 6) is 0.926. The summed E-state index contributed by atoms with van der Waals surface area (Å²) in [7, 11) is 0. The molecule has 0 aromatic heterocycles. The summed E-state index contributed by atoms with van der Waals surface area (Å²) in [5.41, 5.74) is 1.53. The number of hydrogen-bond acceptors (Lipinski definition) is 4. The van der Waals surface area contributed by atoms with Crippen molar-refractivity contribution in [2.24, 2.45) is 0 Å². The lowest BCUT2D eigenvalue weighted by Crippen LogP contribution is -2.32. The van der Waals surface area contributed by atoms with Crippen LogP contribution in [-0.4, -0.2) is 42.5 Å². The zero-order valence-electron chi connectivity index (χ0n) is 15.8. The van der Waals surface area contributed by atoms with Crippen molar-refractivity contribution in [2.75, 3.05) is 25.0 Å². The Morgan fingerprint density at radius 3 is 2.63 bits per heavy atom. The van der Waals surface area contributed by atoms with Gasteiger partial charge in [0.1, 0.15) is 18.1 Å². The predicted octanol–water partition coefficient (Wildman–Crippen LogP) is 3.58. The van der Waals surface area contributed by atoms with Crippen LogP contribution in [0.3, 0.4) is 0 Å². The van der Waals surface area contributed by atoms with E-state index in [1.807, 2.05) is 20.8 Å². The highest BCUT2D eigenvalue weighted by Crippen LogP contribution is 2.27. The topological polar surface area (TPSA) is 67.9 Å². The van der Waals surface area contributed by atoms with Gasteiger partial charge in [0.15, 0.2) is 0 Å². The summed E-state index contributed by atoms with van der Waals surface area (Å²) in [4.78, 5) is 26.9. The Labute approximate surface area is 159 Å². The minimum Gasteiger partial charge on any atom is -0.491 e. The van der Waals surface area contributed by atoms with Crippen molar-refractivity contribution in [3.05, 3.63) is 53.6 Å². The van der Waals surface area contributed by atoms with E-state index in [9.17, 15) is 9.59 Å². The first-order valence-electron chi connectivity index (χ1n) is 9.12. The van der Waals surface area contributed by atoms with Crippen LogP contribution in [0.15, 0.2) is 42.5 Å². The lowest BCUT2D eigenvalue weighted by Gasteiger charge is -2.17. The third-order valence-electron chi connectivity index (χ3n) is 4.24. The third-order valence-corrected chi connectivity index (χ3v) is 4.24. The van der Waals surface area contributed by atoms with E-state index in [0.717, 1.165) is 0 Å². The van der Waals surface area contributed by atoms with Crippen LogP contribution in [0.1, 0.15) is 41.5 Å². The summed E-state index contributed by atoms with van der Waals surface area (Å²) >= 11 is 0. The van der Waals surface area contributed by atoms with Crippen LogP contribution in [-0.2, 0) is 0 Å². The number of carbonyl (C=O) groups excluding carboxylic acids is 2. The summed E-state index contributed by atoms with van der Waals surface area (Å²) in [5, 5.41) is 2.84. The molecule has 0 radical (unpaired) electrons.